The van der Waals surface area contributed by atoms with Crippen molar-refractivity contribution in [3.63, 3.8) is 0 Å². The van der Waals surface area contributed by atoms with Crippen LogP contribution in [0.25, 0.3) is 0 Å². The predicted octanol–water partition coefficient (Wildman–Crippen LogP) is 13.0. The van der Waals surface area contributed by atoms with Crippen LogP contribution in [0.15, 0.2) is 145 Å². The van der Waals surface area contributed by atoms with Gasteiger partial charge in [0.25, 0.3) is 0 Å². The fourth-order valence-corrected chi connectivity index (χ4v) is 13.1. The lowest BCUT2D eigenvalue weighted by Crippen LogP contribution is -2.28. The lowest BCUT2D eigenvalue weighted by molar-refractivity contribution is -0.438. The van der Waals surface area contributed by atoms with Gasteiger partial charge in [-0.05, 0) is 109 Å². The molecular formula is C68H87N4O11S2+. The predicted molar refractivity (Wildman–Crippen MR) is 337 cm³/mol. The second kappa shape index (κ2) is 29.3. The first-order chi connectivity index (χ1) is 40.1. The number of nitrogens with zero attached hydrogens (tertiary/aromatic N) is 4. The summed E-state index contributed by atoms with van der Waals surface area (Å²) in [6.45, 7) is 22.8. The number of carboxylic acids is 2. The van der Waals surface area contributed by atoms with E-state index in [9.17, 15) is 27.4 Å². The van der Waals surface area contributed by atoms with Gasteiger partial charge < -0.3 is 29.4 Å². The highest BCUT2D eigenvalue weighted by atomic mass is 32.2. The van der Waals surface area contributed by atoms with Crippen LogP contribution >= 0.6 is 0 Å². The molecule has 0 unspecified atom stereocenters. The van der Waals surface area contributed by atoms with Crippen LogP contribution in [0.2, 0.25) is 0 Å². The number of Topliss-reactive ketones (excluding diaryl/α,β-unsaturated/α-hetero) is 1. The largest absolute Gasteiger partial charge is 0.748 e. The van der Waals surface area contributed by atoms with E-state index in [-0.39, 0.29) is 52.5 Å². The molecule has 0 spiro atoms. The Morgan fingerprint density at radius 3 is 1.25 bits per heavy atom. The van der Waals surface area contributed by atoms with E-state index in [0.717, 1.165) is 76.0 Å². The van der Waals surface area contributed by atoms with E-state index < -0.39 is 32.7 Å². The number of fused-ring (bicyclic) bond motifs is 4. The van der Waals surface area contributed by atoms with E-state index in [2.05, 4.69) is 190 Å². The summed E-state index contributed by atoms with van der Waals surface area (Å²) in [6.07, 6.45) is 22.6. The van der Waals surface area contributed by atoms with Gasteiger partial charge in [-0.15, -0.1) is 12.6 Å². The van der Waals surface area contributed by atoms with Crippen molar-refractivity contribution in [2.24, 2.45) is 0 Å². The van der Waals surface area contributed by atoms with E-state index >= 15 is 0 Å². The van der Waals surface area contributed by atoms with Crippen molar-refractivity contribution in [1.29, 1.82) is 0 Å². The average Bonchev–Trinajstić information content (AvgIpc) is 4.09. The molecule has 8 rings (SSSR count). The average molecular weight is 1200 g/mol. The maximum atomic E-state index is 11.4. The normalized spacial score (nSPS) is 17.6. The molecule has 456 valence electrons. The molecule has 4 heterocycles. The Labute approximate surface area is 505 Å². The van der Waals surface area contributed by atoms with Crippen LogP contribution in [0.5, 0.6) is 0 Å². The minimum atomic E-state index is -4.28. The minimum absolute atomic E-state index is 0.108. The SMILES string of the molecule is CC(=O)CCCCC[N+]1=C(C=CC=C2N(CCCCCC(=O)O)c3ccccc3C2(C)C)C(C)(C)c2ccccc21.CC1(C)C(/C=C/C=C2/N(CCCCCC(=O)O)c3ccccc3C2(C)C)=[N+](CCCS(=O)(=O)[O-])c2ccccc21.O=S(=O)=O. The summed E-state index contributed by atoms with van der Waals surface area (Å²) >= 11 is 0. The van der Waals surface area contributed by atoms with Gasteiger partial charge in [-0.1, -0.05) is 125 Å². The maximum Gasteiger partial charge on any atom is 0.425 e. The van der Waals surface area contributed by atoms with Crippen LogP contribution in [-0.2, 0) is 56.8 Å². The fourth-order valence-electron chi connectivity index (χ4n) is 12.7. The Morgan fingerprint density at radius 2 is 0.859 bits per heavy atom. The number of carboxylic acid groups (broad SMARTS) is 2. The molecule has 17 heteroatoms. The fraction of sp³-hybridized carbons (Fsp3) is 0.456. The molecule has 85 heavy (non-hydrogen) atoms. The Morgan fingerprint density at radius 1 is 0.506 bits per heavy atom. The second-order valence-electron chi connectivity index (χ2n) is 24.5. The molecule has 0 saturated carbocycles. The number of ketones is 1. The zero-order valence-corrected chi connectivity index (χ0v) is 52.7. The highest BCUT2D eigenvalue weighted by Crippen LogP contribution is 2.50. The van der Waals surface area contributed by atoms with Gasteiger partial charge in [-0.2, -0.15) is 9.15 Å². The summed E-state index contributed by atoms with van der Waals surface area (Å²) in [7, 11) is -7.39. The van der Waals surface area contributed by atoms with Gasteiger partial charge in [-0.25, -0.2) is 8.42 Å². The number of benzene rings is 4. The highest BCUT2D eigenvalue weighted by molar-refractivity contribution is 7.85. The number of carbonyl (C=O) groups excluding carboxylic acids is 1. The molecular weight excluding hydrogens is 1110 g/mol. The van der Waals surface area contributed by atoms with Crippen molar-refractivity contribution in [2.45, 2.75) is 167 Å². The summed E-state index contributed by atoms with van der Waals surface area (Å²) in [4.78, 5) is 38.1. The topological polar surface area (TPSA) is 213 Å². The molecule has 15 nitrogen and oxygen atoms in total. The van der Waals surface area contributed by atoms with Crippen molar-refractivity contribution in [1.82, 2.24) is 0 Å². The molecule has 4 aromatic rings. The zero-order chi connectivity index (χ0) is 62.3. The number of unbranched alkanes of at least 4 members (excludes halogenated alkanes) is 6. The van der Waals surface area contributed by atoms with Crippen LogP contribution in [0.3, 0.4) is 0 Å². The standard InChI is InChI=1S/C36H46N2O3.C32H40N2O5S.O3S/c1-27(39)17-8-6-14-25-37-30-20-12-10-18-28(30)35(2,3)32(37)22-16-23-33-36(4,5)29-19-11-13-21-31(29)38(33)26-15-7-9-24-34(40)41;1-31(2)24-14-7-9-16-26(24)33(21-11-5-6-20-30(35)36)28(31)18-12-19-29-32(3,4)25-15-8-10-17-27(25)34(29)22-13-23-40(37,38)39;1-4(2)3/h10-13,16,18-23H,6-9,14-15,17,24-26H2,1-5H3;7-10,12,14-19H,5-6,11,13,20-23H2,1-4H3,(H-,35,36,37,38,39);/p+1. The van der Waals surface area contributed by atoms with Gasteiger partial charge >= 0.3 is 22.5 Å². The summed E-state index contributed by atoms with van der Waals surface area (Å²) < 4.78 is 63.8. The van der Waals surface area contributed by atoms with E-state index in [1.54, 1.807) is 6.92 Å². The third-order valence-electron chi connectivity index (χ3n) is 16.9. The molecule has 0 aromatic heterocycles. The van der Waals surface area contributed by atoms with Crippen LogP contribution in [0.1, 0.15) is 168 Å². The lowest BCUT2D eigenvalue weighted by atomic mass is 9.81. The molecule has 2 N–H and O–H groups in total. The molecule has 4 aliphatic rings. The monoisotopic (exact) mass is 1200 g/mol. The first-order valence-electron chi connectivity index (χ1n) is 29.8. The van der Waals surface area contributed by atoms with Crippen LogP contribution < -0.4 is 9.80 Å². The summed E-state index contributed by atoms with van der Waals surface area (Å²) in [5.74, 6) is -1.59. The van der Waals surface area contributed by atoms with Crippen molar-refractivity contribution in [3.05, 3.63) is 167 Å². The second-order valence-corrected chi connectivity index (χ2v) is 26.4. The third-order valence-corrected chi connectivity index (χ3v) is 17.7. The number of para-hydroxylation sites is 4. The van der Waals surface area contributed by atoms with Crippen LogP contribution in [0.4, 0.5) is 22.7 Å². The quantitative estimate of drug-likeness (QED) is 0.0341. The van der Waals surface area contributed by atoms with Crippen molar-refractivity contribution >= 4 is 72.6 Å². The first kappa shape index (κ1) is 67.1. The van der Waals surface area contributed by atoms with E-state index in [1.807, 2.05) is 18.2 Å². The summed E-state index contributed by atoms with van der Waals surface area (Å²) in [5, 5.41) is 18.0. The molecule has 0 fully saturated rings. The summed E-state index contributed by atoms with van der Waals surface area (Å²) in [6, 6.07) is 34.0. The summed E-state index contributed by atoms with van der Waals surface area (Å²) in [5.41, 5.74) is 14.0. The minimum Gasteiger partial charge on any atom is -0.748 e. The number of hydrogen-bond acceptors (Lipinski definition) is 11. The van der Waals surface area contributed by atoms with E-state index in [0.29, 0.717) is 25.8 Å². The maximum absolute atomic E-state index is 11.4. The van der Waals surface area contributed by atoms with Gasteiger partial charge in [0.15, 0.2) is 11.4 Å². The van der Waals surface area contributed by atoms with Gasteiger partial charge in [0.2, 0.25) is 11.4 Å². The van der Waals surface area contributed by atoms with Crippen LogP contribution in [-0.4, -0.2) is 106 Å². The number of aliphatic carboxylic acids is 2. The Hall–Kier alpha value is -7.08. The number of rotatable bonds is 26. The van der Waals surface area contributed by atoms with Crippen molar-refractivity contribution < 1.29 is 59.3 Å². The van der Waals surface area contributed by atoms with Crippen molar-refractivity contribution in [2.75, 3.05) is 41.7 Å². The lowest BCUT2D eigenvalue weighted by Gasteiger charge is -2.27. The molecule has 0 saturated heterocycles. The smallest absolute Gasteiger partial charge is 0.425 e. The third kappa shape index (κ3) is 16.9. The van der Waals surface area contributed by atoms with Gasteiger partial charge in [-0.3, -0.25) is 9.59 Å². The van der Waals surface area contributed by atoms with E-state index in [4.69, 9.17) is 22.8 Å². The number of carbonyl (C=O) groups is 3. The van der Waals surface area contributed by atoms with Gasteiger partial charge in [0, 0.05) is 120 Å². The number of anilines is 2. The van der Waals surface area contributed by atoms with Crippen molar-refractivity contribution in [3.8, 4) is 0 Å². The van der Waals surface area contributed by atoms with Gasteiger partial charge in [0.05, 0.1) is 20.9 Å². The molecule has 0 aliphatic carbocycles. The highest BCUT2D eigenvalue weighted by Gasteiger charge is 2.46. The van der Waals surface area contributed by atoms with E-state index in [1.165, 1.54) is 56.4 Å². The molecule has 0 amide bonds. The molecule has 4 aromatic carbocycles. The molecule has 4 aliphatic heterocycles. The Balaban J connectivity index is 0.000000256. The number of hydrogen-bond donors (Lipinski definition) is 2. The Bertz CT molecular complexity index is 3510. The Kier molecular flexibility index (Phi) is 23.1. The van der Waals surface area contributed by atoms with Crippen LogP contribution in [0, 0.1) is 0 Å². The number of allylic oxidation sites excluding steroid dienone is 8. The first-order valence-corrected chi connectivity index (χ1v) is 32.3. The molecule has 0 atom stereocenters. The van der Waals surface area contributed by atoms with Gasteiger partial charge in [0.1, 0.15) is 18.9 Å². The molecule has 0 bridgehead atoms. The molecule has 0 radical (unpaired) electrons. The zero-order valence-electron chi connectivity index (χ0n) is 51.1.